The van der Waals surface area contributed by atoms with Crippen LogP contribution in [-0.2, 0) is 5.60 Å². The molecule has 1 aliphatic carbocycles. The van der Waals surface area contributed by atoms with Crippen LogP contribution in [0.25, 0.3) is 0 Å². The number of rotatable bonds is 3. The Kier molecular flexibility index (Phi) is 4.24. The van der Waals surface area contributed by atoms with Gasteiger partial charge in [0.1, 0.15) is 0 Å². The lowest BCUT2D eigenvalue weighted by molar-refractivity contribution is -0.875. The Bertz CT molecular complexity index is 423. The summed E-state index contributed by atoms with van der Waals surface area (Å²) >= 11 is 5.95. The van der Waals surface area contributed by atoms with E-state index in [0.717, 1.165) is 40.9 Å². The molecular formula is C16H25ClNO+. The molecule has 2 nitrogen and oxygen atoms in total. The smallest absolute Gasteiger partial charge is 0.0978 e. The highest BCUT2D eigenvalue weighted by Crippen LogP contribution is 2.42. The highest BCUT2D eigenvalue weighted by atomic mass is 35.5. The lowest BCUT2D eigenvalue weighted by Gasteiger charge is -2.43. The zero-order chi connectivity index (χ0) is 14.1. The standard InChI is InChI=1S/C16H25ClNO/c1-18(2,3)12-14-6-4-5-11-16(14,19)13-7-9-15(17)10-8-13/h7-10,14,19H,4-6,11-12H2,1-3H3/q+1. The Morgan fingerprint density at radius 2 is 1.84 bits per heavy atom. The first-order valence-electron chi connectivity index (χ1n) is 7.10. The lowest BCUT2D eigenvalue weighted by Crippen LogP contribution is -2.48. The van der Waals surface area contributed by atoms with E-state index in [0.29, 0.717) is 5.92 Å². The van der Waals surface area contributed by atoms with Gasteiger partial charge in [-0.15, -0.1) is 0 Å². The number of quaternary nitrogens is 1. The van der Waals surface area contributed by atoms with Crippen molar-refractivity contribution in [1.82, 2.24) is 0 Å². The summed E-state index contributed by atoms with van der Waals surface area (Å²) < 4.78 is 0.889. The normalized spacial score (nSPS) is 28.4. The molecular weight excluding hydrogens is 258 g/mol. The molecule has 106 valence electrons. The van der Waals surface area contributed by atoms with Gasteiger partial charge in [0.05, 0.1) is 33.3 Å². The maximum atomic E-state index is 11.2. The molecule has 2 rings (SSSR count). The van der Waals surface area contributed by atoms with Crippen LogP contribution in [0.1, 0.15) is 31.2 Å². The Balaban J connectivity index is 2.28. The van der Waals surface area contributed by atoms with Crippen LogP contribution in [0.15, 0.2) is 24.3 Å². The Morgan fingerprint density at radius 1 is 1.21 bits per heavy atom. The minimum absolute atomic E-state index is 0.322. The van der Waals surface area contributed by atoms with Gasteiger partial charge < -0.3 is 9.59 Å². The van der Waals surface area contributed by atoms with E-state index in [1.54, 1.807) is 0 Å². The Morgan fingerprint density at radius 3 is 2.42 bits per heavy atom. The van der Waals surface area contributed by atoms with Crippen LogP contribution in [0.2, 0.25) is 5.02 Å². The van der Waals surface area contributed by atoms with Crippen molar-refractivity contribution >= 4 is 11.6 Å². The van der Waals surface area contributed by atoms with Crippen LogP contribution >= 0.6 is 11.6 Å². The van der Waals surface area contributed by atoms with E-state index in [2.05, 4.69) is 21.1 Å². The fourth-order valence-corrected chi connectivity index (χ4v) is 3.38. The maximum absolute atomic E-state index is 11.2. The van der Waals surface area contributed by atoms with E-state index >= 15 is 0 Å². The fraction of sp³-hybridized carbons (Fsp3) is 0.625. The Hall–Kier alpha value is -0.570. The fourth-order valence-electron chi connectivity index (χ4n) is 3.25. The number of nitrogens with zero attached hydrogens (tertiary/aromatic N) is 1. The molecule has 1 aliphatic rings. The number of hydrogen-bond donors (Lipinski definition) is 1. The highest BCUT2D eigenvalue weighted by molar-refractivity contribution is 6.30. The zero-order valence-electron chi connectivity index (χ0n) is 12.2. The quantitative estimate of drug-likeness (QED) is 0.842. The van der Waals surface area contributed by atoms with Crippen molar-refractivity contribution in [3.8, 4) is 0 Å². The van der Waals surface area contributed by atoms with Gasteiger partial charge in [-0.3, -0.25) is 0 Å². The van der Waals surface area contributed by atoms with E-state index < -0.39 is 5.60 Å². The summed E-state index contributed by atoms with van der Waals surface area (Å²) in [5.41, 5.74) is 0.337. The third-order valence-electron chi connectivity index (χ3n) is 4.15. The van der Waals surface area contributed by atoms with Crippen molar-refractivity contribution in [2.75, 3.05) is 27.7 Å². The summed E-state index contributed by atoms with van der Waals surface area (Å²) in [5.74, 6) is 0.322. The van der Waals surface area contributed by atoms with Crippen LogP contribution in [0.4, 0.5) is 0 Å². The van der Waals surface area contributed by atoms with E-state index in [4.69, 9.17) is 11.6 Å². The van der Waals surface area contributed by atoms with Crippen LogP contribution in [0.3, 0.4) is 0 Å². The molecule has 0 saturated heterocycles. The van der Waals surface area contributed by atoms with Gasteiger partial charge in [-0.1, -0.05) is 36.6 Å². The summed E-state index contributed by atoms with van der Waals surface area (Å²) in [6, 6.07) is 7.73. The van der Waals surface area contributed by atoms with Crippen LogP contribution in [0, 0.1) is 5.92 Å². The first-order valence-corrected chi connectivity index (χ1v) is 7.48. The summed E-state index contributed by atoms with van der Waals surface area (Å²) in [7, 11) is 6.57. The first kappa shape index (κ1) is 14.8. The number of aliphatic hydroxyl groups is 1. The minimum Gasteiger partial charge on any atom is -0.385 e. The van der Waals surface area contributed by atoms with E-state index in [9.17, 15) is 5.11 Å². The molecule has 1 saturated carbocycles. The van der Waals surface area contributed by atoms with Crippen molar-refractivity contribution in [1.29, 1.82) is 0 Å². The number of halogens is 1. The van der Waals surface area contributed by atoms with Gasteiger partial charge >= 0.3 is 0 Å². The molecule has 2 unspecified atom stereocenters. The molecule has 1 aromatic carbocycles. The van der Waals surface area contributed by atoms with E-state index in [-0.39, 0.29) is 0 Å². The lowest BCUT2D eigenvalue weighted by atomic mass is 9.71. The molecule has 0 amide bonds. The van der Waals surface area contributed by atoms with Gasteiger partial charge in [-0.2, -0.15) is 0 Å². The molecule has 0 bridgehead atoms. The molecule has 0 aliphatic heterocycles. The summed E-state index contributed by atoms with van der Waals surface area (Å²) in [4.78, 5) is 0. The van der Waals surface area contributed by atoms with Crippen molar-refractivity contribution in [3.63, 3.8) is 0 Å². The van der Waals surface area contributed by atoms with E-state index in [1.807, 2.05) is 24.3 Å². The molecule has 1 fully saturated rings. The monoisotopic (exact) mass is 282 g/mol. The summed E-state index contributed by atoms with van der Waals surface area (Å²) in [6.07, 6.45) is 4.29. The van der Waals surface area contributed by atoms with E-state index in [1.165, 1.54) is 6.42 Å². The number of hydrogen-bond acceptors (Lipinski definition) is 1. The van der Waals surface area contributed by atoms with Gasteiger partial charge in [0.2, 0.25) is 0 Å². The molecule has 1 N–H and O–H groups in total. The molecule has 0 spiro atoms. The van der Waals surface area contributed by atoms with Gasteiger partial charge in [0, 0.05) is 10.9 Å². The van der Waals surface area contributed by atoms with Gasteiger partial charge in [-0.25, -0.2) is 0 Å². The molecule has 0 aromatic heterocycles. The second-order valence-corrected chi connectivity index (χ2v) is 7.28. The first-order chi connectivity index (χ1) is 8.81. The average Bonchev–Trinajstić information content (AvgIpc) is 2.31. The summed E-state index contributed by atoms with van der Waals surface area (Å²) in [6.45, 7) is 0.999. The van der Waals surface area contributed by atoms with Gasteiger partial charge in [0.15, 0.2) is 0 Å². The molecule has 2 atom stereocenters. The topological polar surface area (TPSA) is 20.2 Å². The number of benzene rings is 1. The van der Waals surface area contributed by atoms with Crippen molar-refractivity contribution in [2.45, 2.75) is 31.3 Å². The van der Waals surface area contributed by atoms with Crippen molar-refractivity contribution in [3.05, 3.63) is 34.9 Å². The zero-order valence-corrected chi connectivity index (χ0v) is 13.0. The second-order valence-electron chi connectivity index (χ2n) is 6.85. The molecule has 0 radical (unpaired) electrons. The van der Waals surface area contributed by atoms with Gasteiger partial charge in [0.25, 0.3) is 0 Å². The molecule has 19 heavy (non-hydrogen) atoms. The molecule has 1 aromatic rings. The maximum Gasteiger partial charge on any atom is 0.0978 e. The summed E-state index contributed by atoms with van der Waals surface area (Å²) in [5, 5.41) is 11.9. The average molecular weight is 283 g/mol. The van der Waals surface area contributed by atoms with Crippen LogP contribution in [0.5, 0.6) is 0 Å². The second kappa shape index (κ2) is 5.43. The Labute approximate surface area is 121 Å². The van der Waals surface area contributed by atoms with Crippen molar-refractivity contribution in [2.24, 2.45) is 5.92 Å². The third kappa shape index (κ3) is 3.50. The third-order valence-corrected chi connectivity index (χ3v) is 4.40. The van der Waals surface area contributed by atoms with Gasteiger partial charge in [-0.05, 0) is 30.5 Å². The molecule has 0 heterocycles. The molecule has 3 heteroatoms. The highest BCUT2D eigenvalue weighted by Gasteiger charge is 2.42. The van der Waals surface area contributed by atoms with Crippen LogP contribution < -0.4 is 0 Å². The SMILES string of the molecule is C[N+](C)(C)CC1CCCCC1(O)c1ccc(Cl)cc1. The predicted molar refractivity (Wildman–Crippen MR) is 80.2 cm³/mol. The van der Waals surface area contributed by atoms with Crippen LogP contribution in [-0.4, -0.2) is 37.3 Å². The van der Waals surface area contributed by atoms with Crippen molar-refractivity contribution < 1.29 is 9.59 Å². The predicted octanol–water partition coefficient (Wildman–Crippen LogP) is 3.42. The largest absolute Gasteiger partial charge is 0.385 e. The minimum atomic E-state index is -0.686.